The van der Waals surface area contributed by atoms with Crippen molar-refractivity contribution in [3.63, 3.8) is 0 Å². The van der Waals surface area contributed by atoms with Gasteiger partial charge < -0.3 is 10.6 Å². The molecule has 1 rings (SSSR count). The Balaban J connectivity index is 2.35. The van der Waals surface area contributed by atoms with Gasteiger partial charge in [0.05, 0.1) is 6.54 Å². The lowest BCUT2D eigenvalue weighted by molar-refractivity contribution is -0.137. The van der Waals surface area contributed by atoms with Crippen molar-refractivity contribution >= 4 is 21.8 Å². The molecule has 0 spiro atoms. The second-order valence-electron chi connectivity index (χ2n) is 4.05. The van der Waals surface area contributed by atoms with Crippen LogP contribution in [-0.4, -0.2) is 25.2 Å². The summed E-state index contributed by atoms with van der Waals surface area (Å²) in [5.41, 5.74) is 0.951. The first-order chi connectivity index (χ1) is 8.78. The summed E-state index contributed by atoms with van der Waals surface area (Å²) < 4.78 is 36.6. The number of amides is 1. The number of rotatable bonds is 5. The smallest absolute Gasteiger partial charge is 0.346 e. The Morgan fingerprint density at radius 2 is 1.89 bits per heavy atom. The highest BCUT2D eigenvalue weighted by atomic mass is 79.9. The topological polar surface area (TPSA) is 41.1 Å². The monoisotopic (exact) mass is 338 g/mol. The van der Waals surface area contributed by atoms with Crippen LogP contribution in [0.15, 0.2) is 28.7 Å². The first-order valence-electron chi connectivity index (χ1n) is 5.60. The van der Waals surface area contributed by atoms with Crippen molar-refractivity contribution in [2.24, 2.45) is 0 Å². The molecule has 1 atom stereocenters. The van der Waals surface area contributed by atoms with Crippen molar-refractivity contribution in [2.45, 2.75) is 19.1 Å². The minimum absolute atomic E-state index is 0.121. The molecule has 0 aliphatic carbocycles. The number of benzene rings is 1. The van der Waals surface area contributed by atoms with Crippen LogP contribution in [0.1, 0.15) is 18.5 Å². The van der Waals surface area contributed by atoms with E-state index in [-0.39, 0.29) is 12.6 Å². The number of carbonyl (C=O) groups is 1. The van der Waals surface area contributed by atoms with E-state index in [1.807, 2.05) is 31.2 Å². The number of halogens is 4. The summed E-state index contributed by atoms with van der Waals surface area (Å²) in [6.07, 6.45) is -4.38. The molecule has 1 aromatic rings. The highest BCUT2D eigenvalue weighted by Crippen LogP contribution is 2.16. The van der Waals surface area contributed by atoms with E-state index in [0.29, 0.717) is 0 Å². The lowest BCUT2D eigenvalue weighted by Gasteiger charge is -2.14. The van der Waals surface area contributed by atoms with Crippen LogP contribution >= 0.6 is 15.9 Å². The molecule has 3 nitrogen and oxygen atoms in total. The fourth-order valence-corrected chi connectivity index (χ4v) is 1.64. The van der Waals surface area contributed by atoms with E-state index in [2.05, 4.69) is 21.2 Å². The van der Waals surface area contributed by atoms with Gasteiger partial charge in [0, 0.05) is 10.5 Å². The second kappa shape index (κ2) is 6.91. The Kier molecular flexibility index (Phi) is 5.81. The zero-order valence-corrected chi connectivity index (χ0v) is 11.8. The van der Waals surface area contributed by atoms with Crippen LogP contribution in [0.25, 0.3) is 0 Å². The molecular weight excluding hydrogens is 325 g/mol. The Hall–Kier alpha value is -1.08. The van der Waals surface area contributed by atoms with E-state index in [0.717, 1.165) is 10.0 Å². The molecule has 0 heterocycles. The SMILES string of the molecule is CC(NCC(=O)NCC(F)(F)F)c1ccc(Br)cc1. The van der Waals surface area contributed by atoms with Gasteiger partial charge in [-0.1, -0.05) is 28.1 Å². The first kappa shape index (κ1) is 16.0. The van der Waals surface area contributed by atoms with E-state index in [1.165, 1.54) is 0 Å². The first-order valence-corrected chi connectivity index (χ1v) is 6.39. The molecule has 19 heavy (non-hydrogen) atoms. The van der Waals surface area contributed by atoms with Gasteiger partial charge in [-0.25, -0.2) is 0 Å². The maximum absolute atomic E-state index is 11.9. The standard InChI is InChI=1S/C12H14BrF3N2O/c1-8(9-2-4-10(13)5-3-9)17-6-11(19)18-7-12(14,15)16/h2-5,8,17H,6-7H2,1H3,(H,18,19). The van der Waals surface area contributed by atoms with Crippen molar-refractivity contribution in [3.8, 4) is 0 Å². The maximum Gasteiger partial charge on any atom is 0.405 e. The maximum atomic E-state index is 11.9. The third kappa shape index (κ3) is 6.58. The fourth-order valence-electron chi connectivity index (χ4n) is 1.38. The van der Waals surface area contributed by atoms with Gasteiger partial charge in [-0.3, -0.25) is 4.79 Å². The molecule has 0 saturated heterocycles. The summed E-state index contributed by atoms with van der Waals surface area (Å²) >= 11 is 3.30. The van der Waals surface area contributed by atoms with Gasteiger partial charge in [-0.05, 0) is 24.6 Å². The van der Waals surface area contributed by atoms with Gasteiger partial charge in [0.25, 0.3) is 0 Å². The molecule has 0 aliphatic rings. The lowest BCUT2D eigenvalue weighted by atomic mass is 10.1. The molecule has 0 saturated carbocycles. The van der Waals surface area contributed by atoms with Crippen LogP contribution in [0, 0.1) is 0 Å². The molecule has 1 aromatic carbocycles. The normalized spacial score (nSPS) is 13.1. The quantitative estimate of drug-likeness (QED) is 0.866. The summed E-state index contributed by atoms with van der Waals surface area (Å²) in [6, 6.07) is 7.34. The van der Waals surface area contributed by atoms with E-state index in [4.69, 9.17) is 0 Å². The molecular formula is C12H14BrF3N2O. The van der Waals surface area contributed by atoms with E-state index < -0.39 is 18.6 Å². The van der Waals surface area contributed by atoms with Crippen LogP contribution in [0.2, 0.25) is 0 Å². The Labute approximate surface area is 117 Å². The van der Waals surface area contributed by atoms with Gasteiger partial charge in [0.15, 0.2) is 0 Å². The summed E-state index contributed by atoms with van der Waals surface area (Å²) in [5, 5.41) is 4.66. The van der Waals surface area contributed by atoms with Gasteiger partial charge in [-0.2, -0.15) is 13.2 Å². The molecule has 1 amide bonds. The predicted molar refractivity (Wildman–Crippen MR) is 69.6 cm³/mol. The summed E-state index contributed by atoms with van der Waals surface area (Å²) in [5.74, 6) is -0.679. The minimum atomic E-state index is -4.38. The molecule has 0 bridgehead atoms. The van der Waals surface area contributed by atoms with Crippen LogP contribution in [-0.2, 0) is 4.79 Å². The molecule has 0 aliphatic heterocycles. The van der Waals surface area contributed by atoms with Crippen molar-refractivity contribution in [1.29, 1.82) is 0 Å². The number of hydrogen-bond acceptors (Lipinski definition) is 2. The Morgan fingerprint density at radius 3 is 2.42 bits per heavy atom. The van der Waals surface area contributed by atoms with Crippen LogP contribution in [0.4, 0.5) is 13.2 Å². The number of hydrogen-bond donors (Lipinski definition) is 2. The second-order valence-corrected chi connectivity index (χ2v) is 4.96. The van der Waals surface area contributed by atoms with Crippen molar-refractivity contribution in [2.75, 3.05) is 13.1 Å². The van der Waals surface area contributed by atoms with Crippen LogP contribution < -0.4 is 10.6 Å². The largest absolute Gasteiger partial charge is 0.405 e. The van der Waals surface area contributed by atoms with E-state index in [1.54, 1.807) is 5.32 Å². The number of nitrogens with one attached hydrogen (secondary N) is 2. The molecule has 0 fully saturated rings. The average molecular weight is 339 g/mol. The average Bonchev–Trinajstić information content (AvgIpc) is 2.33. The van der Waals surface area contributed by atoms with Crippen molar-refractivity contribution in [3.05, 3.63) is 34.3 Å². The third-order valence-electron chi connectivity index (χ3n) is 2.42. The van der Waals surface area contributed by atoms with Crippen molar-refractivity contribution in [1.82, 2.24) is 10.6 Å². The van der Waals surface area contributed by atoms with E-state index in [9.17, 15) is 18.0 Å². The molecule has 1 unspecified atom stereocenters. The van der Waals surface area contributed by atoms with Crippen LogP contribution in [0.3, 0.4) is 0 Å². The summed E-state index contributed by atoms with van der Waals surface area (Å²) in [6.45, 7) is 0.369. The zero-order chi connectivity index (χ0) is 14.5. The number of alkyl halides is 3. The van der Waals surface area contributed by atoms with Gasteiger partial charge in [0.1, 0.15) is 6.54 Å². The zero-order valence-electron chi connectivity index (χ0n) is 10.2. The molecule has 0 aromatic heterocycles. The molecule has 106 valence electrons. The highest BCUT2D eigenvalue weighted by Gasteiger charge is 2.27. The minimum Gasteiger partial charge on any atom is -0.346 e. The Morgan fingerprint density at radius 1 is 1.32 bits per heavy atom. The van der Waals surface area contributed by atoms with Gasteiger partial charge in [-0.15, -0.1) is 0 Å². The predicted octanol–water partition coefficient (Wildman–Crippen LogP) is 2.78. The lowest BCUT2D eigenvalue weighted by Crippen LogP contribution is -2.39. The van der Waals surface area contributed by atoms with Gasteiger partial charge >= 0.3 is 6.18 Å². The molecule has 7 heteroatoms. The summed E-state index contributed by atoms with van der Waals surface area (Å²) in [4.78, 5) is 11.2. The van der Waals surface area contributed by atoms with Crippen molar-refractivity contribution < 1.29 is 18.0 Å². The Bertz CT molecular complexity index is 420. The van der Waals surface area contributed by atoms with Crippen LogP contribution in [0.5, 0.6) is 0 Å². The fraction of sp³-hybridized carbons (Fsp3) is 0.417. The van der Waals surface area contributed by atoms with E-state index >= 15 is 0 Å². The molecule has 0 radical (unpaired) electrons. The summed E-state index contributed by atoms with van der Waals surface area (Å²) in [7, 11) is 0. The third-order valence-corrected chi connectivity index (χ3v) is 2.95. The highest BCUT2D eigenvalue weighted by molar-refractivity contribution is 9.10. The van der Waals surface area contributed by atoms with Gasteiger partial charge in [0.2, 0.25) is 5.91 Å². The molecule has 2 N–H and O–H groups in total. The number of carbonyl (C=O) groups excluding carboxylic acids is 1.